The van der Waals surface area contributed by atoms with Gasteiger partial charge in [0.15, 0.2) is 0 Å². The van der Waals surface area contributed by atoms with Crippen LogP contribution < -0.4 is 123 Å². The van der Waals surface area contributed by atoms with Gasteiger partial charge in [-0.1, -0.05) is 0 Å². The van der Waals surface area contributed by atoms with Gasteiger partial charge in [0.2, 0.25) is 0 Å². The van der Waals surface area contributed by atoms with Gasteiger partial charge >= 0.3 is 148 Å². The zero-order valence-electron chi connectivity index (χ0n) is 4.04. The average molecular weight is 363 g/mol. The fourth-order valence-corrected chi connectivity index (χ4v) is 0. The van der Waals surface area contributed by atoms with E-state index in [1.54, 1.807) is 0 Å². The van der Waals surface area contributed by atoms with E-state index in [9.17, 15) is 0 Å². The zero-order chi connectivity index (χ0) is 4.50. The van der Waals surface area contributed by atoms with Crippen molar-refractivity contribution < 1.29 is 130 Å². The van der Waals surface area contributed by atoms with Gasteiger partial charge in [-0.05, 0) is 0 Å². The zero-order valence-corrected chi connectivity index (χ0v) is 16.2. The van der Waals surface area contributed by atoms with Crippen molar-refractivity contribution in [3.63, 3.8) is 0 Å². The summed E-state index contributed by atoms with van der Waals surface area (Å²) in [6.07, 6.45) is 0. The summed E-state index contributed by atoms with van der Waals surface area (Å²) >= 11 is -6.02. The van der Waals surface area contributed by atoms with E-state index in [0.29, 0.717) is 0 Å². The van der Waals surface area contributed by atoms with E-state index in [1.165, 1.54) is 0 Å². The summed E-state index contributed by atoms with van der Waals surface area (Å²) in [5.74, 6) is 0. The molecular weight excluding hydrogens is 363 g/mol. The Morgan fingerprint density at radius 2 is 1.00 bits per heavy atom. The second-order valence-corrected chi connectivity index (χ2v) is 2.74. The minimum absolute atomic E-state index is 0. The third-order valence-electron chi connectivity index (χ3n) is 0. The molecule has 0 heterocycles. The molecule has 0 spiro atoms. The van der Waals surface area contributed by atoms with Crippen molar-refractivity contribution in [2.24, 2.45) is 0 Å². The standard InChI is InChI=1S/H2O4Te.2Rb/c1-5(2,3)4;;/h(H2,1,2,3,4);;/q;2*+1/p-2. The minimum atomic E-state index is -6.02. The van der Waals surface area contributed by atoms with Gasteiger partial charge in [0.1, 0.15) is 0 Å². The van der Waals surface area contributed by atoms with Crippen molar-refractivity contribution in [2.45, 2.75) is 0 Å². The van der Waals surface area contributed by atoms with Crippen LogP contribution in [0.2, 0.25) is 0 Å². The van der Waals surface area contributed by atoms with Crippen LogP contribution in [0.4, 0.5) is 0 Å². The summed E-state index contributed by atoms with van der Waals surface area (Å²) in [7, 11) is 0. The van der Waals surface area contributed by atoms with Gasteiger partial charge < -0.3 is 0 Å². The average Bonchev–Trinajstić information content (AvgIpc) is 0.722. The van der Waals surface area contributed by atoms with Crippen LogP contribution in [0.15, 0.2) is 0 Å². The predicted molar refractivity (Wildman–Crippen MR) is 7.13 cm³/mol. The maximum Gasteiger partial charge on any atom is 1.00 e. The molecule has 0 fully saturated rings. The molecule has 0 aliphatic rings. The monoisotopic (exact) mass is 364 g/mol. The van der Waals surface area contributed by atoms with Crippen LogP contribution in [0.25, 0.3) is 0 Å². The first-order chi connectivity index (χ1) is 2.00. The molecule has 0 saturated carbocycles. The fourth-order valence-electron chi connectivity index (χ4n) is 0. The summed E-state index contributed by atoms with van der Waals surface area (Å²) in [6.45, 7) is 0. The van der Waals surface area contributed by atoms with Gasteiger partial charge in [-0.2, -0.15) is 0 Å². The van der Waals surface area contributed by atoms with Crippen molar-refractivity contribution in [3.05, 3.63) is 0 Å². The Balaban J connectivity index is -0.0000000800. The van der Waals surface area contributed by atoms with Crippen molar-refractivity contribution in [2.75, 3.05) is 0 Å². The molecule has 0 unspecified atom stereocenters. The first-order valence-corrected chi connectivity index (χ1v) is 4.47. The maximum absolute atomic E-state index is 8.63. The summed E-state index contributed by atoms with van der Waals surface area (Å²) < 4.78 is 34.5. The summed E-state index contributed by atoms with van der Waals surface area (Å²) in [5.41, 5.74) is 0. The maximum atomic E-state index is 8.63. The van der Waals surface area contributed by atoms with Crippen molar-refractivity contribution in [1.29, 1.82) is 0 Å². The van der Waals surface area contributed by atoms with Gasteiger partial charge in [0, 0.05) is 0 Å². The smallest absolute Gasteiger partial charge is 1.00 e. The molecule has 7 heteroatoms. The summed E-state index contributed by atoms with van der Waals surface area (Å²) in [5, 5.41) is 0. The third kappa shape index (κ3) is 40.5. The SMILES string of the molecule is O=[Te](=O)([O-])[O-].[Rb+].[Rb+]. The summed E-state index contributed by atoms with van der Waals surface area (Å²) in [6, 6.07) is 0. The Bertz CT molecular complexity index is 92.9. The van der Waals surface area contributed by atoms with E-state index in [2.05, 4.69) is 0 Å². The Labute approximate surface area is 143 Å². The van der Waals surface area contributed by atoms with Crippen LogP contribution in [0.1, 0.15) is 0 Å². The molecule has 7 heavy (non-hydrogen) atoms. The second kappa shape index (κ2) is 8.02. The molecule has 0 N–H and O–H groups in total. The van der Waals surface area contributed by atoms with E-state index < -0.39 is 19.0 Å². The van der Waals surface area contributed by atoms with Gasteiger partial charge in [-0.3, -0.25) is 0 Å². The molecule has 4 nitrogen and oxygen atoms in total. The predicted octanol–water partition coefficient (Wildman–Crippen LogP) is -8.99. The summed E-state index contributed by atoms with van der Waals surface area (Å²) in [4.78, 5) is 0. The molecule has 0 aromatic rings. The quantitative estimate of drug-likeness (QED) is 0.401. The molecule has 0 aromatic heterocycles. The van der Waals surface area contributed by atoms with E-state index in [0.717, 1.165) is 0 Å². The van der Waals surface area contributed by atoms with E-state index in [4.69, 9.17) is 13.2 Å². The molecule has 0 amide bonds. The van der Waals surface area contributed by atoms with Crippen LogP contribution in [0.3, 0.4) is 0 Å². The molecule has 0 rings (SSSR count). The Kier molecular flexibility index (Phi) is 19.6. The van der Waals surface area contributed by atoms with Crippen LogP contribution in [-0.4, -0.2) is 19.0 Å². The molecule has 0 aliphatic heterocycles. The van der Waals surface area contributed by atoms with E-state index in [1.807, 2.05) is 0 Å². The molecule has 0 aromatic carbocycles. The topological polar surface area (TPSA) is 80.3 Å². The Hall–Kier alpha value is 3.92. The van der Waals surface area contributed by atoms with Gasteiger partial charge in [-0.15, -0.1) is 0 Å². The van der Waals surface area contributed by atoms with Crippen molar-refractivity contribution >= 4 is 19.0 Å². The molecule has 0 saturated heterocycles. The molecule has 0 bridgehead atoms. The second-order valence-electron chi connectivity index (χ2n) is 0.408. The molecule has 32 valence electrons. The molecule has 0 atom stereocenters. The van der Waals surface area contributed by atoms with E-state index >= 15 is 0 Å². The number of hydrogen-bond acceptors (Lipinski definition) is 4. The molecule has 0 aliphatic carbocycles. The minimum Gasteiger partial charge on any atom is 1.00 e. The number of hydrogen-bond donors (Lipinski definition) is 0. The number of rotatable bonds is 0. The normalized spacial score (nSPS) is 8.29. The van der Waals surface area contributed by atoms with Gasteiger partial charge in [0.25, 0.3) is 0 Å². The van der Waals surface area contributed by atoms with Gasteiger partial charge in [-0.25, -0.2) is 0 Å². The largest absolute Gasteiger partial charge is 1.00 e. The first kappa shape index (κ1) is 17.1. The Morgan fingerprint density at radius 3 is 1.00 bits per heavy atom. The third-order valence-corrected chi connectivity index (χ3v) is 0. The molecular formula is O4Rb2Te. The van der Waals surface area contributed by atoms with Crippen LogP contribution in [-0.2, 0) is 6.21 Å². The molecule has 0 radical (unpaired) electrons. The van der Waals surface area contributed by atoms with Crippen LogP contribution >= 0.6 is 0 Å². The van der Waals surface area contributed by atoms with Gasteiger partial charge in [0.05, 0.1) is 0 Å². The van der Waals surface area contributed by atoms with Crippen molar-refractivity contribution in [1.82, 2.24) is 0 Å². The van der Waals surface area contributed by atoms with Crippen molar-refractivity contribution in [3.8, 4) is 0 Å². The Morgan fingerprint density at radius 1 is 1.00 bits per heavy atom. The van der Waals surface area contributed by atoms with E-state index in [-0.39, 0.29) is 116 Å². The fraction of sp³-hybridized carbons (Fsp3) is 0. The van der Waals surface area contributed by atoms with Crippen LogP contribution in [0, 0.1) is 0 Å². The van der Waals surface area contributed by atoms with Crippen LogP contribution in [0.5, 0.6) is 0 Å². The first-order valence-electron chi connectivity index (χ1n) is 0.667.